The van der Waals surface area contributed by atoms with E-state index in [4.69, 9.17) is 0 Å². The fourth-order valence-corrected chi connectivity index (χ4v) is 1.33. The molecule has 0 aromatic heterocycles. The fraction of sp³-hybridized carbons (Fsp3) is 0.538. The molecule has 0 saturated heterocycles. The molecule has 0 fully saturated rings. The van der Waals surface area contributed by atoms with E-state index in [-0.39, 0.29) is 11.9 Å². The molecule has 0 amide bonds. The third kappa shape index (κ3) is 4.29. The molecule has 0 radical (unpaired) electrons. The molecule has 0 heterocycles. The van der Waals surface area contributed by atoms with Crippen LogP contribution in [0.25, 0.3) is 0 Å². The molecule has 16 heavy (non-hydrogen) atoms. The van der Waals surface area contributed by atoms with Crippen LogP contribution >= 0.6 is 0 Å². The van der Waals surface area contributed by atoms with Crippen LogP contribution < -0.4 is 5.32 Å². The summed E-state index contributed by atoms with van der Waals surface area (Å²) in [6.45, 7) is 6.28. The zero-order valence-corrected chi connectivity index (χ0v) is 10.1. The summed E-state index contributed by atoms with van der Waals surface area (Å²) in [6.07, 6.45) is 0.834. The second kappa shape index (κ2) is 5.41. The van der Waals surface area contributed by atoms with E-state index in [9.17, 15) is 9.50 Å². The molecule has 0 bridgehead atoms. The van der Waals surface area contributed by atoms with Crippen molar-refractivity contribution in [1.29, 1.82) is 0 Å². The van der Waals surface area contributed by atoms with Crippen LogP contribution in [-0.2, 0) is 6.42 Å². The molecule has 0 aliphatic heterocycles. The lowest BCUT2D eigenvalue weighted by molar-refractivity contribution is 0.0446. The highest BCUT2D eigenvalue weighted by atomic mass is 19.1. The van der Waals surface area contributed by atoms with Crippen LogP contribution in [0, 0.1) is 5.82 Å². The first-order chi connectivity index (χ1) is 7.39. The standard InChI is InChI=1S/C13H20FNO/c1-10(13(2,3)16)15-9-8-11-4-6-12(14)7-5-11/h4-7,10,15-16H,8-9H2,1-3H3. The van der Waals surface area contributed by atoms with Crippen molar-refractivity contribution in [3.05, 3.63) is 35.6 Å². The number of hydrogen-bond acceptors (Lipinski definition) is 2. The second-order valence-electron chi connectivity index (χ2n) is 4.71. The topological polar surface area (TPSA) is 32.3 Å². The van der Waals surface area contributed by atoms with Gasteiger partial charge in [0.25, 0.3) is 0 Å². The molecule has 1 atom stereocenters. The van der Waals surface area contributed by atoms with Gasteiger partial charge >= 0.3 is 0 Å². The van der Waals surface area contributed by atoms with Crippen LogP contribution in [0.5, 0.6) is 0 Å². The van der Waals surface area contributed by atoms with Crippen molar-refractivity contribution in [3.63, 3.8) is 0 Å². The van der Waals surface area contributed by atoms with Gasteiger partial charge in [-0.05, 0) is 51.4 Å². The Morgan fingerprint density at radius 1 is 1.31 bits per heavy atom. The number of halogens is 1. The Kier molecular flexibility index (Phi) is 4.44. The van der Waals surface area contributed by atoms with Crippen molar-refractivity contribution in [1.82, 2.24) is 5.32 Å². The number of aliphatic hydroxyl groups is 1. The maximum atomic E-state index is 12.6. The van der Waals surface area contributed by atoms with Crippen molar-refractivity contribution in [3.8, 4) is 0 Å². The summed E-state index contributed by atoms with van der Waals surface area (Å²) in [7, 11) is 0. The van der Waals surface area contributed by atoms with Crippen LogP contribution in [-0.4, -0.2) is 23.3 Å². The third-order valence-electron chi connectivity index (χ3n) is 2.84. The average molecular weight is 225 g/mol. The minimum absolute atomic E-state index is 0.0351. The van der Waals surface area contributed by atoms with E-state index in [1.165, 1.54) is 12.1 Å². The second-order valence-corrected chi connectivity index (χ2v) is 4.71. The monoisotopic (exact) mass is 225 g/mol. The highest BCUT2D eigenvalue weighted by Crippen LogP contribution is 2.08. The van der Waals surface area contributed by atoms with Gasteiger partial charge in [-0.15, -0.1) is 0 Å². The lowest BCUT2D eigenvalue weighted by atomic mass is 10.0. The molecular weight excluding hydrogens is 205 g/mol. The highest BCUT2D eigenvalue weighted by Gasteiger charge is 2.20. The number of nitrogens with one attached hydrogen (secondary N) is 1. The van der Waals surface area contributed by atoms with E-state index < -0.39 is 5.60 Å². The molecule has 0 spiro atoms. The molecule has 2 N–H and O–H groups in total. The van der Waals surface area contributed by atoms with Gasteiger partial charge in [-0.2, -0.15) is 0 Å². The predicted molar refractivity (Wildman–Crippen MR) is 63.9 cm³/mol. The fourth-order valence-electron chi connectivity index (χ4n) is 1.33. The largest absolute Gasteiger partial charge is 0.389 e. The van der Waals surface area contributed by atoms with Gasteiger partial charge in [-0.25, -0.2) is 4.39 Å². The van der Waals surface area contributed by atoms with E-state index in [1.54, 1.807) is 26.0 Å². The Hall–Kier alpha value is -0.930. The summed E-state index contributed by atoms with van der Waals surface area (Å²) in [5.74, 6) is -0.207. The molecule has 1 unspecified atom stereocenters. The first-order valence-corrected chi connectivity index (χ1v) is 5.60. The van der Waals surface area contributed by atoms with Gasteiger partial charge in [0, 0.05) is 6.04 Å². The van der Waals surface area contributed by atoms with E-state index >= 15 is 0 Å². The highest BCUT2D eigenvalue weighted by molar-refractivity contribution is 5.16. The molecular formula is C13H20FNO. The Labute approximate surface area is 96.5 Å². The molecule has 1 aromatic carbocycles. The number of rotatable bonds is 5. The molecule has 1 aromatic rings. The van der Waals surface area contributed by atoms with Gasteiger partial charge in [0.15, 0.2) is 0 Å². The summed E-state index contributed by atoms with van der Waals surface area (Å²) in [6, 6.07) is 6.54. The Morgan fingerprint density at radius 2 is 1.88 bits per heavy atom. The van der Waals surface area contributed by atoms with Gasteiger partial charge in [0.2, 0.25) is 0 Å². The van der Waals surface area contributed by atoms with Crippen molar-refractivity contribution in [2.24, 2.45) is 0 Å². The minimum atomic E-state index is -0.719. The maximum absolute atomic E-state index is 12.6. The van der Waals surface area contributed by atoms with Crippen molar-refractivity contribution in [2.75, 3.05) is 6.54 Å². The summed E-state index contributed by atoms with van der Waals surface area (Å²) in [5.41, 5.74) is 0.375. The van der Waals surface area contributed by atoms with Crippen LogP contribution in [0.1, 0.15) is 26.3 Å². The van der Waals surface area contributed by atoms with E-state index in [0.717, 1.165) is 18.5 Å². The molecule has 0 aliphatic carbocycles. The average Bonchev–Trinajstić information content (AvgIpc) is 2.19. The van der Waals surface area contributed by atoms with Crippen molar-refractivity contribution < 1.29 is 9.50 Å². The summed E-state index contributed by atoms with van der Waals surface area (Å²) >= 11 is 0. The van der Waals surface area contributed by atoms with Crippen LogP contribution in [0.4, 0.5) is 4.39 Å². The molecule has 3 heteroatoms. The van der Waals surface area contributed by atoms with Crippen molar-refractivity contribution >= 4 is 0 Å². The van der Waals surface area contributed by atoms with Crippen LogP contribution in [0.3, 0.4) is 0 Å². The lowest BCUT2D eigenvalue weighted by Gasteiger charge is -2.26. The number of hydrogen-bond donors (Lipinski definition) is 2. The number of benzene rings is 1. The van der Waals surface area contributed by atoms with Crippen LogP contribution in [0.2, 0.25) is 0 Å². The zero-order chi connectivity index (χ0) is 12.2. The van der Waals surface area contributed by atoms with Gasteiger partial charge < -0.3 is 10.4 Å². The third-order valence-corrected chi connectivity index (χ3v) is 2.84. The predicted octanol–water partition coefficient (Wildman–Crippen LogP) is 2.12. The molecule has 2 nitrogen and oxygen atoms in total. The quantitative estimate of drug-likeness (QED) is 0.804. The maximum Gasteiger partial charge on any atom is 0.123 e. The first kappa shape index (κ1) is 13.1. The van der Waals surface area contributed by atoms with Crippen LogP contribution in [0.15, 0.2) is 24.3 Å². The summed E-state index contributed by atoms with van der Waals surface area (Å²) in [4.78, 5) is 0. The minimum Gasteiger partial charge on any atom is -0.389 e. The van der Waals surface area contributed by atoms with E-state index in [0.29, 0.717) is 0 Å². The van der Waals surface area contributed by atoms with E-state index in [1.807, 2.05) is 6.92 Å². The first-order valence-electron chi connectivity index (χ1n) is 5.60. The zero-order valence-electron chi connectivity index (χ0n) is 10.1. The smallest absolute Gasteiger partial charge is 0.123 e. The Morgan fingerprint density at radius 3 is 2.38 bits per heavy atom. The molecule has 0 aliphatic rings. The Bertz CT molecular complexity index is 316. The molecule has 90 valence electrons. The molecule has 1 rings (SSSR count). The normalized spacial score (nSPS) is 13.8. The summed E-state index contributed by atoms with van der Waals surface area (Å²) < 4.78 is 12.6. The van der Waals surface area contributed by atoms with Crippen molar-refractivity contribution in [2.45, 2.75) is 38.8 Å². The van der Waals surface area contributed by atoms with Gasteiger partial charge in [-0.1, -0.05) is 12.1 Å². The van der Waals surface area contributed by atoms with E-state index in [2.05, 4.69) is 5.32 Å². The lowest BCUT2D eigenvalue weighted by Crippen LogP contribution is -2.45. The summed E-state index contributed by atoms with van der Waals surface area (Å²) in [5, 5.41) is 12.9. The van der Waals surface area contributed by atoms with Gasteiger partial charge in [-0.3, -0.25) is 0 Å². The SMILES string of the molecule is CC(NCCc1ccc(F)cc1)C(C)(C)O. The molecule has 0 saturated carbocycles. The van der Waals surface area contributed by atoms with Gasteiger partial charge in [0.1, 0.15) is 5.82 Å². The Balaban J connectivity index is 2.33. The van der Waals surface area contributed by atoms with Gasteiger partial charge in [0.05, 0.1) is 5.60 Å².